The molecule has 1 aliphatic carbocycles. The van der Waals surface area contributed by atoms with Gasteiger partial charge in [0.2, 0.25) is 0 Å². The normalized spacial score (nSPS) is 24.6. The maximum atomic E-state index is 14.6. The third kappa shape index (κ3) is 4.72. The first-order valence-electron chi connectivity index (χ1n) is 9.94. The van der Waals surface area contributed by atoms with Gasteiger partial charge in [-0.1, -0.05) is 11.8 Å². The molecule has 1 heterocycles. The Hall–Kier alpha value is -2.68. The van der Waals surface area contributed by atoms with Gasteiger partial charge in [-0.25, -0.2) is 23.1 Å². The number of hydrogen-bond donors (Lipinski definition) is 2. The number of cyclic esters (lactones) is 1. The van der Waals surface area contributed by atoms with E-state index in [0.717, 1.165) is 37.0 Å². The number of benzene rings is 1. The Morgan fingerprint density at radius 2 is 2.12 bits per heavy atom. The van der Waals surface area contributed by atoms with E-state index < -0.39 is 38.5 Å². The molecule has 174 valence electrons. The third-order valence-corrected chi connectivity index (χ3v) is 7.98. The van der Waals surface area contributed by atoms with Crippen molar-refractivity contribution in [3.8, 4) is 11.8 Å². The van der Waals surface area contributed by atoms with E-state index in [1.165, 1.54) is 17.6 Å². The Morgan fingerprint density at radius 3 is 2.69 bits per heavy atom. The summed E-state index contributed by atoms with van der Waals surface area (Å²) in [6, 6.07) is 4.14. The molecular formula is C21H25FN2O7S. The van der Waals surface area contributed by atoms with Crippen LogP contribution in [-0.4, -0.2) is 62.5 Å². The van der Waals surface area contributed by atoms with Gasteiger partial charge in [0.25, 0.3) is 5.91 Å². The van der Waals surface area contributed by atoms with Gasteiger partial charge in [0.1, 0.15) is 11.9 Å². The predicted molar refractivity (Wildman–Crippen MR) is 112 cm³/mol. The van der Waals surface area contributed by atoms with Crippen LogP contribution in [0.2, 0.25) is 0 Å². The molecule has 1 aromatic carbocycles. The zero-order valence-corrected chi connectivity index (χ0v) is 18.7. The molecule has 0 unspecified atom stereocenters. The number of halogens is 1. The molecule has 9 nitrogen and oxygen atoms in total. The molecule has 2 fully saturated rings. The Morgan fingerprint density at radius 1 is 1.44 bits per heavy atom. The molecule has 1 aliphatic heterocycles. The summed E-state index contributed by atoms with van der Waals surface area (Å²) in [6.07, 6.45) is 0.531. The lowest BCUT2D eigenvalue weighted by atomic mass is 9.83. The number of methoxy groups -OCH3 is 1. The van der Waals surface area contributed by atoms with Crippen LogP contribution in [0.25, 0.3) is 0 Å². The molecule has 11 heteroatoms. The van der Waals surface area contributed by atoms with Crippen LogP contribution in [0.15, 0.2) is 18.2 Å². The van der Waals surface area contributed by atoms with Gasteiger partial charge in [0, 0.05) is 25.7 Å². The summed E-state index contributed by atoms with van der Waals surface area (Å²) in [5.41, 5.74) is 1.76. The van der Waals surface area contributed by atoms with Crippen molar-refractivity contribution in [2.45, 2.75) is 43.1 Å². The van der Waals surface area contributed by atoms with Gasteiger partial charge in [-0.05, 0) is 38.0 Å². The van der Waals surface area contributed by atoms with Crippen molar-refractivity contribution in [1.82, 2.24) is 5.48 Å². The fourth-order valence-electron chi connectivity index (χ4n) is 3.63. The lowest BCUT2D eigenvalue weighted by molar-refractivity contribution is -0.132. The van der Waals surface area contributed by atoms with Crippen molar-refractivity contribution in [3.63, 3.8) is 0 Å². The van der Waals surface area contributed by atoms with Crippen LogP contribution >= 0.6 is 0 Å². The molecule has 1 saturated carbocycles. The van der Waals surface area contributed by atoms with Crippen molar-refractivity contribution >= 4 is 27.5 Å². The third-order valence-electron chi connectivity index (χ3n) is 5.99. The molecule has 2 aliphatic rings. The number of rotatable bonds is 6. The van der Waals surface area contributed by atoms with E-state index in [0.29, 0.717) is 0 Å². The SMILES string of the molecule is COC1CC(C#Cc2ccc(N3C[C@H](C[C@](C)(C(=O)NO)S(C)(=O)=O)OC3=O)cc2F)C1. The van der Waals surface area contributed by atoms with Crippen molar-refractivity contribution in [2.24, 2.45) is 5.92 Å². The summed E-state index contributed by atoms with van der Waals surface area (Å²) in [5, 5.41) is 8.93. The summed E-state index contributed by atoms with van der Waals surface area (Å²) in [5.74, 6) is 4.25. The van der Waals surface area contributed by atoms with E-state index in [-0.39, 0.29) is 36.2 Å². The predicted octanol–water partition coefficient (Wildman–Crippen LogP) is 1.63. The molecule has 0 spiro atoms. The van der Waals surface area contributed by atoms with Crippen molar-refractivity contribution in [3.05, 3.63) is 29.6 Å². The highest BCUT2D eigenvalue weighted by Gasteiger charge is 2.48. The van der Waals surface area contributed by atoms with Gasteiger partial charge in [0.15, 0.2) is 14.6 Å². The Balaban J connectivity index is 1.72. The zero-order valence-electron chi connectivity index (χ0n) is 17.9. The first kappa shape index (κ1) is 24.0. The van der Waals surface area contributed by atoms with Gasteiger partial charge in [-0.2, -0.15) is 0 Å². The number of amides is 2. The number of nitrogens with one attached hydrogen (secondary N) is 1. The number of nitrogens with zero attached hydrogens (tertiary/aromatic N) is 1. The van der Waals surface area contributed by atoms with Crippen LogP contribution in [-0.2, 0) is 24.1 Å². The largest absolute Gasteiger partial charge is 0.444 e. The standard InChI is InChI=1S/C21H25FN2O7S/c1-21(19(25)23-27,32(3,28)29)11-17-12-24(20(26)31-17)15-7-6-14(18(22)10-15)5-4-13-8-16(9-13)30-2/h6-7,10,13,16-17,27H,8-9,11-12H2,1-3H3,(H,23,25)/t13?,16?,17-,21+/m0/s1. The topological polar surface area (TPSA) is 122 Å². The van der Waals surface area contributed by atoms with Crippen LogP contribution in [0, 0.1) is 23.6 Å². The number of carbonyl (C=O) groups excluding carboxylic acids is 2. The number of anilines is 1. The molecule has 0 bridgehead atoms. The highest BCUT2D eigenvalue weighted by molar-refractivity contribution is 7.92. The molecule has 0 radical (unpaired) electrons. The molecule has 0 aromatic heterocycles. The van der Waals surface area contributed by atoms with Crippen LogP contribution in [0.3, 0.4) is 0 Å². The van der Waals surface area contributed by atoms with E-state index in [1.54, 1.807) is 7.11 Å². The summed E-state index contributed by atoms with van der Waals surface area (Å²) < 4.78 is 47.2. The molecule has 2 atom stereocenters. The van der Waals surface area contributed by atoms with E-state index in [9.17, 15) is 22.4 Å². The summed E-state index contributed by atoms with van der Waals surface area (Å²) >= 11 is 0. The van der Waals surface area contributed by atoms with Gasteiger partial charge in [-0.15, -0.1) is 0 Å². The first-order valence-corrected chi connectivity index (χ1v) is 11.8. The Bertz CT molecular complexity index is 1080. The number of ether oxygens (including phenoxy) is 2. The van der Waals surface area contributed by atoms with Crippen LogP contribution < -0.4 is 10.4 Å². The summed E-state index contributed by atoms with van der Waals surface area (Å²) in [6.45, 7) is 1.04. The van der Waals surface area contributed by atoms with E-state index in [4.69, 9.17) is 14.7 Å². The summed E-state index contributed by atoms with van der Waals surface area (Å²) in [7, 11) is -2.31. The van der Waals surface area contributed by atoms with Crippen LogP contribution in [0.4, 0.5) is 14.9 Å². The highest BCUT2D eigenvalue weighted by atomic mass is 32.2. The van der Waals surface area contributed by atoms with Crippen molar-refractivity contribution < 1.29 is 37.1 Å². The Kier molecular flexibility index (Phi) is 6.78. The average Bonchev–Trinajstić information content (AvgIpc) is 3.06. The minimum absolute atomic E-state index is 0.0897. The molecule has 1 saturated heterocycles. The number of carbonyl (C=O) groups is 2. The lowest BCUT2D eigenvalue weighted by Gasteiger charge is -2.30. The molecule has 32 heavy (non-hydrogen) atoms. The fourth-order valence-corrected chi connectivity index (χ4v) is 4.50. The first-order chi connectivity index (χ1) is 15.0. The molecular weight excluding hydrogens is 443 g/mol. The van der Waals surface area contributed by atoms with Gasteiger partial charge in [-0.3, -0.25) is 14.9 Å². The number of sulfone groups is 1. The quantitative estimate of drug-likeness (QED) is 0.370. The van der Waals surface area contributed by atoms with Crippen LogP contribution in [0.1, 0.15) is 31.7 Å². The smallest absolute Gasteiger partial charge is 0.414 e. The second kappa shape index (κ2) is 9.05. The monoisotopic (exact) mass is 468 g/mol. The van der Waals surface area contributed by atoms with Crippen LogP contribution in [0.5, 0.6) is 0 Å². The second-order valence-electron chi connectivity index (χ2n) is 8.22. The minimum Gasteiger partial charge on any atom is -0.444 e. The van der Waals surface area contributed by atoms with E-state index in [2.05, 4.69) is 11.8 Å². The van der Waals surface area contributed by atoms with E-state index >= 15 is 0 Å². The number of hydroxylamine groups is 1. The lowest BCUT2D eigenvalue weighted by Crippen LogP contribution is -2.51. The fraction of sp³-hybridized carbons (Fsp3) is 0.524. The molecule has 3 rings (SSSR count). The summed E-state index contributed by atoms with van der Waals surface area (Å²) in [4.78, 5) is 25.5. The molecule has 2 N–H and O–H groups in total. The second-order valence-corrected chi connectivity index (χ2v) is 10.7. The minimum atomic E-state index is -3.96. The average molecular weight is 469 g/mol. The Labute approximate surface area is 185 Å². The van der Waals surface area contributed by atoms with E-state index in [1.807, 2.05) is 0 Å². The maximum absolute atomic E-state index is 14.6. The highest BCUT2D eigenvalue weighted by Crippen LogP contribution is 2.31. The zero-order chi connectivity index (χ0) is 23.7. The number of hydrogen-bond acceptors (Lipinski definition) is 7. The maximum Gasteiger partial charge on any atom is 0.414 e. The van der Waals surface area contributed by atoms with Gasteiger partial charge < -0.3 is 9.47 Å². The van der Waals surface area contributed by atoms with Gasteiger partial charge >= 0.3 is 6.09 Å². The molecule has 1 aromatic rings. The van der Waals surface area contributed by atoms with Gasteiger partial charge in [0.05, 0.1) is 23.9 Å². The van der Waals surface area contributed by atoms with Crippen molar-refractivity contribution in [2.75, 3.05) is 24.8 Å². The molecule has 2 amide bonds. The van der Waals surface area contributed by atoms with Crippen molar-refractivity contribution in [1.29, 1.82) is 0 Å².